The molecular weight excluding hydrogens is 386 g/mol. The van der Waals surface area contributed by atoms with Gasteiger partial charge in [0.25, 0.3) is 0 Å². The number of piperazine rings is 1. The number of pyridine rings is 1. The smallest absolute Gasteiger partial charge is 0.240 e. The number of H-pyrrole nitrogens is 1. The van der Waals surface area contributed by atoms with E-state index in [1.54, 1.807) is 11.1 Å². The van der Waals surface area contributed by atoms with Crippen molar-refractivity contribution in [3.63, 3.8) is 0 Å². The lowest BCUT2D eigenvalue weighted by molar-refractivity contribution is -0.118. The molecule has 0 spiro atoms. The fourth-order valence-electron chi connectivity index (χ4n) is 3.37. The molecule has 1 fully saturated rings. The van der Waals surface area contributed by atoms with E-state index in [2.05, 4.69) is 27.1 Å². The zero-order valence-corrected chi connectivity index (χ0v) is 17.2. The van der Waals surface area contributed by atoms with E-state index in [1.807, 2.05) is 49.5 Å². The highest BCUT2D eigenvalue weighted by Gasteiger charge is 2.20. The number of benzene rings is 1. The molecule has 0 unspecified atom stereocenters. The Bertz CT molecular complexity index is 1130. The van der Waals surface area contributed by atoms with Crippen molar-refractivity contribution in [3.05, 3.63) is 47.2 Å². The van der Waals surface area contributed by atoms with E-state index in [0.717, 1.165) is 34.3 Å². The van der Waals surface area contributed by atoms with Crippen molar-refractivity contribution >= 4 is 34.2 Å². The Hall–Kier alpha value is -2.85. The number of anilines is 1. The van der Waals surface area contributed by atoms with Crippen molar-refractivity contribution in [3.8, 4) is 23.0 Å². The van der Waals surface area contributed by atoms with Gasteiger partial charge in [-0.3, -0.25) is 9.69 Å². The Morgan fingerprint density at radius 2 is 2.21 bits per heavy atom. The second-order valence-electron chi connectivity index (χ2n) is 7.22. The van der Waals surface area contributed by atoms with E-state index in [0.29, 0.717) is 30.3 Å². The average Bonchev–Trinajstić information content (AvgIpc) is 3.12. The molecule has 0 saturated carbocycles. The number of aromatic amines is 1. The summed E-state index contributed by atoms with van der Waals surface area (Å²) < 4.78 is 0. The molecule has 1 aliphatic heterocycles. The maximum absolute atomic E-state index is 12.2. The van der Waals surface area contributed by atoms with Crippen LogP contribution in [0.4, 0.5) is 5.69 Å². The number of halogens is 1. The van der Waals surface area contributed by atoms with Gasteiger partial charge in [-0.25, -0.2) is 4.98 Å². The van der Waals surface area contributed by atoms with Gasteiger partial charge in [0.15, 0.2) is 0 Å². The van der Waals surface area contributed by atoms with Gasteiger partial charge in [0.1, 0.15) is 5.65 Å². The number of hydrogen-bond acceptors (Lipinski definition) is 4. The molecule has 1 amide bonds. The van der Waals surface area contributed by atoms with Crippen LogP contribution in [0.25, 0.3) is 22.2 Å². The minimum absolute atomic E-state index is 0.0668. The first-order valence-electron chi connectivity index (χ1n) is 9.45. The molecule has 1 saturated heterocycles. The average molecular weight is 408 g/mol. The van der Waals surface area contributed by atoms with Gasteiger partial charge in [0.05, 0.1) is 29.1 Å². The number of fused-ring (bicyclic) bond motifs is 1. The van der Waals surface area contributed by atoms with Gasteiger partial charge in [0.2, 0.25) is 5.91 Å². The van der Waals surface area contributed by atoms with Crippen molar-refractivity contribution in [2.75, 3.05) is 45.2 Å². The van der Waals surface area contributed by atoms with Crippen LogP contribution in [-0.2, 0) is 4.79 Å². The summed E-state index contributed by atoms with van der Waals surface area (Å²) in [7, 11) is 3.96. The highest BCUT2D eigenvalue weighted by Crippen LogP contribution is 2.36. The molecular formula is C22H22ClN5O. The van der Waals surface area contributed by atoms with E-state index < -0.39 is 0 Å². The van der Waals surface area contributed by atoms with Gasteiger partial charge in [-0.05, 0) is 31.8 Å². The fourth-order valence-corrected chi connectivity index (χ4v) is 3.72. The molecule has 2 N–H and O–H groups in total. The first kappa shape index (κ1) is 19.5. The third-order valence-corrected chi connectivity index (χ3v) is 5.21. The molecule has 148 valence electrons. The number of hydrogen-bond donors (Lipinski definition) is 2. The summed E-state index contributed by atoms with van der Waals surface area (Å²) in [5.74, 6) is 6.39. The number of nitrogens with one attached hydrogen (secondary N) is 2. The first-order valence-corrected chi connectivity index (χ1v) is 9.83. The predicted molar refractivity (Wildman–Crippen MR) is 117 cm³/mol. The number of aromatic nitrogens is 2. The zero-order chi connectivity index (χ0) is 20.4. The molecule has 2 aromatic heterocycles. The lowest BCUT2D eigenvalue weighted by atomic mass is 10.0. The monoisotopic (exact) mass is 407 g/mol. The number of rotatable bonds is 3. The number of amides is 1. The molecule has 0 radical (unpaired) electrons. The van der Waals surface area contributed by atoms with Gasteiger partial charge in [0, 0.05) is 36.7 Å². The Kier molecular flexibility index (Phi) is 5.54. The Morgan fingerprint density at radius 1 is 1.34 bits per heavy atom. The van der Waals surface area contributed by atoms with Crippen molar-refractivity contribution in [1.29, 1.82) is 0 Å². The van der Waals surface area contributed by atoms with E-state index in [-0.39, 0.29) is 5.91 Å². The zero-order valence-electron chi connectivity index (χ0n) is 16.4. The molecule has 6 nitrogen and oxygen atoms in total. The topological polar surface area (TPSA) is 64.3 Å². The second kappa shape index (κ2) is 8.26. The van der Waals surface area contributed by atoms with Crippen LogP contribution in [0.3, 0.4) is 0 Å². The van der Waals surface area contributed by atoms with Crippen LogP contribution in [0.1, 0.15) is 5.56 Å². The van der Waals surface area contributed by atoms with E-state index >= 15 is 0 Å². The van der Waals surface area contributed by atoms with Crippen LogP contribution >= 0.6 is 11.6 Å². The van der Waals surface area contributed by atoms with Gasteiger partial charge < -0.3 is 15.2 Å². The molecule has 7 heteroatoms. The number of carbonyl (C=O) groups excluding carboxylic acids is 1. The molecule has 0 bridgehead atoms. The number of carbonyl (C=O) groups is 1. The molecule has 4 rings (SSSR count). The van der Waals surface area contributed by atoms with Gasteiger partial charge in [-0.1, -0.05) is 35.6 Å². The summed E-state index contributed by atoms with van der Waals surface area (Å²) >= 11 is 6.80. The minimum atomic E-state index is 0.0668. The van der Waals surface area contributed by atoms with Gasteiger partial charge in [-0.2, -0.15) is 0 Å². The van der Waals surface area contributed by atoms with Crippen LogP contribution in [0.15, 0.2) is 36.7 Å². The van der Waals surface area contributed by atoms with Gasteiger partial charge in [-0.15, -0.1) is 0 Å². The highest BCUT2D eigenvalue weighted by molar-refractivity contribution is 6.38. The fraction of sp³-hybridized carbons (Fsp3) is 0.273. The largest absolute Gasteiger partial charge is 0.345 e. The maximum Gasteiger partial charge on any atom is 0.240 e. The minimum Gasteiger partial charge on any atom is -0.345 e. The standard InChI is InChI=1S/C22H22ClN5O/c1-27(2)9-4-6-16-12-25-22-20(16)21(23)18(13-26-22)15-5-3-7-17(11-15)28-10-8-24-14-19(28)29/h3,5,7,11-13,24H,8-10,14H2,1-2H3,(H,25,26). The summed E-state index contributed by atoms with van der Waals surface area (Å²) in [5, 5.41) is 4.52. The molecule has 3 aromatic rings. The lowest BCUT2D eigenvalue weighted by Crippen LogP contribution is -2.48. The van der Waals surface area contributed by atoms with Crippen molar-refractivity contribution in [2.45, 2.75) is 0 Å². The molecule has 29 heavy (non-hydrogen) atoms. The second-order valence-corrected chi connectivity index (χ2v) is 7.60. The lowest BCUT2D eigenvalue weighted by Gasteiger charge is -2.27. The Morgan fingerprint density at radius 3 is 3.00 bits per heavy atom. The molecule has 1 aliphatic rings. The van der Waals surface area contributed by atoms with Crippen molar-refractivity contribution in [1.82, 2.24) is 20.2 Å². The highest BCUT2D eigenvalue weighted by atomic mass is 35.5. The van der Waals surface area contributed by atoms with Crippen LogP contribution in [0, 0.1) is 11.8 Å². The van der Waals surface area contributed by atoms with Crippen LogP contribution in [-0.4, -0.2) is 61.0 Å². The third kappa shape index (κ3) is 3.99. The van der Waals surface area contributed by atoms with Crippen LogP contribution in [0.5, 0.6) is 0 Å². The Balaban J connectivity index is 1.74. The molecule has 0 atom stereocenters. The van der Waals surface area contributed by atoms with E-state index in [9.17, 15) is 4.79 Å². The van der Waals surface area contributed by atoms with Crippen molar-refractivity contribution in [2.24, 2.45) is 0 Å². The van der Waals surface area contributed by atoms with Crippen LogP contribution < -0.4 is 10.2 Å². The van der Waals surface area contributed by atoms with Crippen molar-refractivity contribution < 1.29 is 4.79 Å². The normalized spacial score (nSPS) is 14.3. The maximum atomic E-state index is 12.2. The summed E-state index contributed by atoms with van der Waals surface area (Å²) in [6, 6.07) is 7.85. The molecule has 0 aliphatic carbocycles. The van der Waals surface area contributed by atoms with Gasteiger partial charge >= 0.3 is 0 Å². The van der Waals surface area contributed by atoms with E-state index in [1.165, 1.54) is 0 Å². The number of nitrogens with zero attached hydrogens (tertiary/aromatic N) is 3. The van der Waals surface area contributed by atoms with E-state index in [4.69, 9.17) is 11.6 Å². The summed E-state index contributed by atoms with van der Waals surface area (Å²) in [6.07, 6.45) is 3.60. The molecule has 1 aromatic carbocycles. The summed E-state index contributed by atoms with van der Waals surface area (Å²) in [5.41, 5.74) is 4.14. The summed E-state index contributed by atoms with van der Waals surface area (Å²) in [6.45, 7) is 2.45. The van der Waals surface area contributed by atoms with Crippen LogP contribution in [0.2, 0.25) is 5.02 Å². The molecule has 3 heterocycles. The quantitative estimate of drug-likeness (QED) is 0.655. The predicted octanol–water partition coefficient (Wildman–Crippen LogP) is 2.73. The summed E-state index contributed by atoms with van der Waals surface area (Å²) in [4.78, 5) is 23.7. The first-order chi connectivity index (χ1) is 14.0. The Labute approximate surface area is 174 Å². The SMILES string of the molecule is CN(C)CC#Cc1c[nH]c2ncc(-c3cccc(N4CCNCC4=O)c3)c(Cl)c12. The third-order valence-electron chi connectivity index (χ3n) is 4.81.